The van der Waals surface area contributed by atoms with Gasteiger partial charge in [-0.3, -0.25) is 4.79 Å². The highest BCUT2D eigenvalue weighted by Crippen LogP contribution is 2.13. The van der Waals surface area contributed by atoms with E-state index < -0.39 is 12.1 Å². The second-order valence-corrected chi connectivity index (χ2v) is 9.47. The van der Waals surface area contributed by atoms with Gasteiger partial charge in [0.1, 0.15) is 0 Å². The third kappa shape index (κ3) is 21.0. The maximum absolute atomic E-state index is 11.9. The van der Waals surface area contributed by atoms with Crippen LogP contribution in [0.5, 0.6) is 0 Å². The maximum atomic E-state index is 11.9. The van der Waals surface area contributed by atoms with Crippen molar-refractivity contribution in [1.29, 1.82) is 0 Å². The summed E-state index contributed by atoms with van der Waals surface area (Å²) in [6.45, 7) is 4.17. The molecule has 0 spiro atoms. The Morgan fingerprint density at radius 2 is 1.16 bits per heavy atom. The predicted octanol–water partition coefficient (Wildman–Crippen LogP) is 7.22. The zero-order valence-corrected chi connectivity index (χ0v) is 21.5. The van der Waals surface area contributed by atoms with Crippen molar-refractivity contribution in [2.45, 2.75) is 154 Å². The third-order valence-corrected chi connectivity index (χ3v) is 6.27. The summed E-state index contributed by atoms with van der Waals surface area (Å²) in [6.07, 6.45) is 27.5. The number of allylic oxidation sites excluding steroid dienone is 1. The van der Waals surface area contributed by atoms with Crippen LogP contribution in [0.1, 0.15) is 142 Å². The molecule has 1 amide bonds. The quantitative estimate of drug-likeness (QED) is 0.107. The van der Waals surface area contributed by atoms with Gasteiger partial charge in [0, 0.05) is 6.42 Å². The van der Waals surface area contributed by atoms with Gasteiger partial charge in [0.25, 0.3) is 0 Å². The number of amides is 1. The van der Waals surface area contributed by atoms with E-state index >= 15 is 0 Å². The topological polar surface area (TPSA) is 69.6 Å². The van der Waals surface area contributed by atoms with Crippen molar-refractivity contribution < 1.29 is 15.0 Å². The molecule has 4 heteroatoms. The first-order chi connectivity index (χ1) is 15.7. The van der Waals surface area contributed by atoms with Crippen molar-refractivity contribution in [1.82, 2.24) is 5.32 Å². The van der Waals surface area contributed by atoms with Crippen LogP contribution in [0.2, 0.25) is 0 Å². The fourth-order valence-corrected chi connectivity index (χ4v) is 4.06. The minimum absolute atomic E-state index is 0.0837. The van der Waals surface area contributed by atoms with Crippen LogP contribution in [-0.4, -0.2) is 34.9 Å². The Morgan fingerprint density at radius 3 is 1.62 bits per heavy atom. The fraction of sp³-hybridized carbons (Fsp3) is 0.893. The zero-order valence-electron chi connectivity index (χ0n) is 21.5. The normalized spacial score (nSPS) is 13.5. The Labute approximate surface area is 199 Å². The Balaban J connectivity index is 3.58. The zero-order chi connectivity index (χ0) is 23.7. The lowest BCUT2D eigenvalue weighted by Crippen LogP contribution is -2.45. The number of rotatable bonds is 24. The van der Waals surface area contributed by atoms with Crippen molar-refractivity contribution in [2.75, 3.05) is 6.61 Å². The van der Waals surface area contributed by atoms with E-state index in [1.807, 2.05) is 6.08 Å². The highest BCUT2D eigenvalue weighted by molar-refractivity contribution is 5.76. The number of hydrogen-bond acceptors (Lipinski definition) is 3. The maximum Gasteiger partial charge on any atom is 0.220 e. The lowest BCUT2D eigenvalue weighted by atomic mass is 10.0. The molecule has 3 N–H and O–H groups in total. The molecule has 0 saturated carbocycles. The molecule has 0 aliphatic carbocycles. The molecular weight excluding hydrogens is 398 g/mol. The highest BCUT2D eigenvalue weighted by atomic mass is 16.3. The lowest BCUT2D eigenvalue weighted by Gasteiger charge is -2.19. The van der Waals surface area contributed by atoms with E-state index in [-0.39, 0.29) is 12.5 Å². The van der Waals surface area contributed by atoms with Gasteiger partial charge in [-0.2, -0.15) is 0 Å². The molecule has 0 bridgehead atoms. The number of aliphatic hydroxyl groups excluding tert-OH is 2. The van der Waals surface area contributed by atoms with Crippen LogP contribution in [0, 0.1) is 0 Å². The average Bonchev–Trinajstić information content (AvgIpc) is 2.79. The third-order valence-electron chi connectivity index (χ3n) is 6.27. The molecule has 0 aromatic heterocycles. The molecule has 4 nitrogen and oxygen atoms in total. The van der Waals surface area contributed by atoms with E-state index in [0.29, 0.717) is 6.42 Å². The van der Waals surface area contributed by atoms with Crippen molar-refractivity contribution in [3.8, 4) is 0 Å². The second-order valence-electron chi connectivity index (χ2n) is 9.47. The molecule has 0 aliphatic heterocycles. The van der Waals surface area contributed by atoms with Crippen molar-refractivity contribution in [3.05, 3.63) is 12.2 Å². The number of nitrogens with one attached hydrogen (secondary N) is 1. The van der Waals surface area contributed by atoms with Crippen LogP contribution in [0.3, 0.4) is 0 Å². The van der Waals surface area contributed by atoms with Crippen molar-refractivity contribution in [3.63, 3.8) is 0 Å². The van der Waals surface area contributed by atoms with Gasteiger partial charge in [-0.15, -0.1) is 0 Å². The monoisotopic (exact) mass is 453 g/mol. The van der Waals surface area contributed by atoms with Gasteiger partial charge in [0.15, 0.2) is 0 Å². The van der Waals surface area contributed by atoms with Crippen molar-refractivity contribution >= 4 is 5.91 Å². The second kappa shape index (κ2) is 24.8. The van der Waals surface area contributed by atoms with E-state index in [1.165, 1.54) is 83.5 Å². The molecule has 32 heavy (non-hydrogen) atoms. The van der Waals surface area contributed by atoms with Gasteiger partial charge in [-0.1, -0.05) is 129 Å². The summed E-state index contributed by atoms with van der Waals surface area (Å²) in [5, 5.41) is 22.5. The van der Waals surface area contributed by atoms with Gasteiger partial charge >= 0.3 is 0 Å². The summed E-state index contributed by atoms with van der Waals surface area (Å²) < 4.78 is 0. The average molecular weight is 454 g/mol. The van der Waals surface area contributed by atoms with Crippen molar-refractivity contribution in [2.24, 2.45) is 0 Å². The fourth-order valence-electron chi connectivity index (χ4n) is 4.06. The Morgan fingerprint density at radius 1 is 0.719 bits per heavy atom. The van der Waals surface area contributed by atoms with E-state index in [0.717, 1.165) is 38.5 Å². The summed E-state index contributed by atoms with van der Waals surface area (Å²) >= 11 is 0. The molecule has 0 rings (SSSR count). The first-order valence-electron chi connectivity index (χ1n) is 13.9. The van der Waals surface area contributed by atoms with Crippen LogP contribution in [-0.2, 0) is 4.79 Å². The summed E-state index contributed by atoms with van der Waals surface area (Å²) in [4.78, 5) is 11.9. The molecule has 190 valence electrons. The molecule has 0 radical (unpaired) electrons. The lowest BCUT2D eigenvalue weighted by molar-refractivity contribution is -0.123. The van der Waals surface area contributed by atoms with Gasteiger partial charge < -0.3 is 15.5 Å². The summed E-state index contributed by atoms with van der Waals surface area (Å²) in [5.41, 5.74) is 0. The van der Waals surface area contributed by atoms with E-state index in [2.05, 4.69) is 19.2 Å². The molecule has 0 aliphatic rings. The molecule has 0 saturated heterocycles. The van der Waals surface area contributed by atoms with Crippen LogP contribution in [0.4, 0.5) is 0 Å². The molecular formula is C28H55NO3. The predicted molar refractivity (Wildman–Crippen MR) is 138 cm³/mol. The number of aliphatic hydroxyl groups is 2. The van der Waals surface area contributed by atoms with Crippen LogP contribution in [0.25, 0.3) is 0 Å². The number of hydrogen-bond donors (Lipinski definition) is 3. The van der Waals surface area contributed by atoms with Gasteiger partial charge in [-0.25, -0.2) is 0 Å². The number of carbonyl (C=O) groups excluding carboxylic acids is 1. The molecule has 0 fully saturated rings. The van der Waals surface area contributed by atoms with E-state index in [4.69, 9.17) is 0 Å². The van der Waals surface area contributed by atoms with Gasteiger partial charge in [-0.05, 0) is 19.3 Å². The Hall–Kier alpha value is -0.870. The number of unbranched alkanes of at least 4 members (excludes halogenated alkanes) is 17. The van der Waals surface area contributed by atoms with E-state index in [9.17, 15) is 15.0 Å². The van der Waals surface area contributed by atoms with Gasteiger partial charge in [0.05, 0.1) is 18.8 Å². The molecule has 2 unspecified atom stereocenters. The molecule has 2 atom stereocenters. The molecule has 0 heterocycles. The summed E-state index contributed by atoms with van der Waals surface area (Å²) in [7, 11) is 0. The minimum atomic E-state index is -0.828. The Kier molecular flexibility index (Phi) is 24.1. The minimum Gasteiger partial charge on any atom is -0.394 e. The molecule has 0 aromatic rings. The molecule has 0 aromatic carbocycles. The largest absolute Gasteiger partial charge is 0.394 e. The SMILES string of the molecule is CCCCCCCCCCCCCCCC/C=C/C(O)C(CO)NC(=O)CCCCCC. The summed E-state index contributed by atoms with van der Waals surface area (Å²) in [5.74, 6) is -0.0837. The van der Waals surface area contributed by atoms with E-state index in [1.54, 1.807) is 6.08 Å². The smallest absolute Gasteiger partial charge is 0.220 e. The Bertz CT molecular complexity index is 425. The standard InChI is InChI=1S/C28H55NO3/c1-3-5-7-9-10-11-12-13-14-15-16-17-18-19-20-21-23-27(31)26(25-30)29-28(32)24-22-8-6-4-2/h21,23,26-27,30-31H,3-20,22,24-25H2,1-2H3,(H,29,32)/b23-21+. The number of carbonyl (C=O) groups is 1. The van der Waals surface area contributed by atoms with Crippen LogP contribution >= 0.6 is 0 Å². The van der Waals surface area contributed by atoms with Crippen LogP contribution in [0.15, 0.2) is 12.2 Å². The summed E-state index contributed by atoms with van der Waals surface area (Å²) in [6, 6.07) is -0.610. The first-order valence-corrected chi connectivity index (χ1v) is 13.9. The van der Waals surface area contributed by atoms with Crippen LogP contribution < -0.4 is 5.32 Å². The highest BCUT2D eigenvalue weighted by Gasteiger charge is 2.17. The first kappa shape index (κ1) is 31.1. The van der Waals surface area contributed by atoms with Gasteiger partial charge in [0.2, 0.25) is 5.91 Å².